The number of nitrogens with zero attached hydrogens (tertiary/aromatic N) is 1. The number of rotatable bonds is 7. The van der Waals surface area contributed by atoms with Crippen LogP contribution in [0.5, 0.6) is 0 Å². The van der Waals surface area contributed by atoms with Crippen LogP contribution in [0.2, 0.25) is 0 Å². The van der Waals surface area contributed by atoms with E-state index >= 15 is 0 Å². The van der Waals surface area contributed by atoms with Crippen molar-refractivity contribution in [2.75, 3.05) is 26.7 Å². The largest absolute Gasteiger partial charge is 0.480 e. The number of likely N-dealkylation sites (tertiary alicyclic amines) is 1. The van der Waals surface area contributed by atoms with Crippen molar-refractivity contribution in [1.82, 2.24) is 15.5 Å². The third kappa shape index (κ3) is 6.94. The number of hydrogen-bond donors (Lipinski definition) is 4. The molecular formula is C13H24N4O4. The van der Waals surface area contributed by atoms with Crippen LogP contribution in [-0.2, 0) is 9.59 Å². The maximum absolute atomic E-state index is 11.6. The van der Waals surface area contributed by atoms with Crippen molar-refractivity contribution in [2.24, 2.45) is 11.7 Å². The second-order valence-electron chi connectivity index (χ2n) is 5.50. The lowest BCUT2D eigenvalue weighted by molar-refractivity contribution is -0.140. The summed E-state index contributed by atoms with van der Waals surface area (Å²) in [5, 5.41) is 13.7. The van der Waals surface area contributed by atoms with Gasteiger partial charge in [0.2, 0.25) is 5.91 Å². The quantitative estimate of drug-likeness (QED) is 0.497. The Kier molecular flexibility index (Phi) is 6.93. The van der Waals surface area contributed by atoms with Gasteiger partial charge in [0, 0.05) is 6.54 Å². The fourth-order valence-corrected chi connectivity index (χ4v) is 2.35. The molecule has 3 amide bonds. The maximum Gasteiger partial charge on any atom is 0.326 e. The highest BCUT2D eigenvalue weighted by atomic mass is 16.4. The topological polar surface area (TPSA) is 125 Å². The van der Waals surface area contributed by atoms with Crippen LogP contribution in [0.15, 0.2) is 0 Å². The number of piperidine rings is 1. The predicted octanol–water partition coefficient (Wildman–Crippen LogP) is -0.654. The minimum atomic E-state index is -1.29. The number of carbonyl (C=O) groups excluding carboxylic acids is 2. The molecule has 1 saturated heterocycles. The molecule has 0 aromatic heterocycles. The highest BCUT2D eigenvalue weighted by molar-refractivity contribution is 5.87. The molecule has 0 aromatic carbocycles. The molecule has 1 aliphatic rings. The average molecular weight is 300 g/mol. The number of nitrogens with one attached hydrogen (secondary N) is 2. The van der Waals surface area contributed by atoms with E-state index in [9.17, 15) is 14.4 Å². The van der Waals surface area contributed by atoms with Gasteiger partial charge < -0.3 is 26.4 Å². The lowest BCUT2D eigenvalue weighted by atomic mass is 9.94. The van der Waals surface area contributed by atoms with Crippen LogP contribution < -0.4 is 16.4 Å². The van der Waals surface area contributed by atoms with E-state index in [0.29, 0.717) is 12.5 Å². The van der Waals surface area contributed by atoms with E-state index in [1.54, 1.807) is 0 Å². The summed E-state index contributed by atoms with van der Waals surface area (Å²) < 4.78 is 0. The van der Waals surface area contributed by atoms with Crippen LogP contribution in [-0.4, -0.2) is 60.6 Å². The molecule has 1 heterocycles. The summed E-state index contributed by atoms with van der Waals surface area (Å²) in [5.41, 5.74) is 4.94. The van der Waals surface area contributed by atoms with Crippen molar-refractivity contribution < 1.29 is 19.5 Å². The molecule has 0 aromatic rings. The Hall–Kier alpha value is -1.83. The summed E-state index contributed by atoms with van der Waals surface area (Å²) >= 11 is 0. The van der Waals surface area contributed by atoms with Gasteiger partial charge in [-0.15, -0.1) is 0 Å². The fraction of sp³-hybridized carbons (Fsp3) is 0.769. The maximum atomic E-state index is 11.6. The number of carboxylic acid groups (broad SMARTS) is 1. The number of nitrogens with two attached hydrogens (primary N) is 1. The molecule has 0 spiro atoms. The molecule has 1 fully saturated rings. The van der Waals surface area contributed by atoms with E-state index in [4.69, 9.17) is 10.8 Å². The Morgan fingerprint density at radius 3 is 2.48 bits per heavy atom. The fourth-order valence-electron chi connectivity index (χ4n) is 2.35. The summed E-state index contributed by atoms with van der Waals surface area (Å²) in [6, 6.07) is -1.87. The SMILES string of the molecule is CN1CCC(CCNC(=O)N[C@H](CC(N)=O)C(=O)O)CC1. The van der Waals surface area contributed by atoms with Gasteiger partial charge in [0.05, 0.1) is 6.42 Å². The minimum Gasteiger partial charge on any atom is -0.480 e. The van der Waals surface area contributed by atoms with E-state index in [0.717, 1.165) is 32.4 Å². The van der Waals surface area contributed by atoms with E-state index in [1.807, 2.05) is 0 Å². The van der Waals surface area contributed by atoms with Crippen LogP contribution in [0.4, 0.5) is 4.79 Å². The van der Waals surface area contributed by atoms with Crippen molar-refractivity contribution in [1.29, 1.82) is 0 Å². The Morgan fingerprint density at radius 1 is 1.33 bits per heavy atom. The van der Waals surface area contributed by atoms with E-state index in [2.05, 4.69) is 22.6 Å². The van der Waals surface area contributed by atoms with Gasteiger partial charge in [-0.2, -0.15) is 0 Å². The molecule has 0 unspecified atom stereocenters. The first kappa shape index (κ1) is 17.2. The van der Waals surface area contributed by atoms with Gasteiger partial charge in [-0.25, -0.2) is 9.59 Å². The molecule has 0 saturated carbocycles. The molecular weight excluding hydrogens is 276 g/mol. The van der Waals surface area contributed by atoms with Gasteiger partial charge in [-0.1, -0.05) is 0 Å². The summed E-state index contributed by atoms with van der Waals surface area (Å²) in [6.07, 6.45) is 2.67. The third-order valence-electron chi connectivity index (χ3n) is 3.69. The zero-order valence-electron chi connectivity index (χ0n) is 12.3. The van der Waals surface area contributed by atoms with Crippen LogP contribution in [0.3, 0.4) is 0 Å². The zero-order chi connectivity index (χ0) is 15.8. The van der Waals surface area contributed by atoms with Crippen molar-refractivity contribution in [3.05, 3.63) is 0 Å². The first-order chi connectivity index (χ1) is 9.88. The van der Waals surface area contributed by atoms with Crippen LogP contribution >= 0.6 is 0 Å². The molecule has 1 aliphatic heterocycles. The summed E-state index contributed by atoms with van der Waals surface area (Å²) in [4.78, 5) is 35.5. The lowest BCUT2D eigenvalue weighted by Crippen LogP contribution is -2.48. The predicted molar refractivity (Wildman–Crippen MR) is 76.6 cm³/mol. The summed E-state index contributed by atoms with van der Waals surface area (Å²) in [7, 11) is 2.09. The molecule has 0 radical (unpaired) electrons. The van der Waals surface area contributed by atoms with Gasteiger partial charge in [0.15, 0.2) is 0 Å². The number of carboxylic acids is 1. The van der Waals surface area contributed by atoms with Gasteiger partial charge in [-0.05, 0) is 45.3 Å². The number of carbonyl (C=O) groups is 3. The standard InChI is InChI=1S/C13H24N4O4/c1-17-6-3-9(4-7-17)2-5-15-13(21)16-10(12(19)20)8-11(14)18/h9-10H,2-8H2,1H3,(H2,14,18)(H,19,20)(H2,15,16,21)/t10-/m1/s1. The highest BCUT2D eigenvalue weighted by Gasteiger charge is 2.22. The Bertz CT molecular complexity index is 380. The number of primary amides is 1. The normalized spacial score (nSPS) is 18.0. The lowest BCUT2D eigenvalue weighted by Gasteiger charge is -2.28. The highest BCUT2D eigenvalue weighted by Crippen LogP contribution is 2.18. The van der Waals surface area contributed by atoms with Crippen molar-refractivity contribution in [2.45, 2.75) is 31.7 Å². The van der Waals surface area contributed by atoms with Crippen molar-refractivity contribution in [3.63, 3.8) is 0 Å². The smallest absolute Gasteiger partial charge is 0.326 e. The first-order valence-electron chi connectivity index (χ1n) is 7.12. The Balaban J connectivity index is 2.23. The van der Waals surface area contributed by atoms with E-state index in [1.165, 1.54) is 0 Å². The van der Waals surface area contributed by atoms with Crippen molar-refractivity contribution >= 4 is 17.9 Å². The number of hydrogen-bond acceptors (Lipinski definition) is 4. The van der Waals surface area contributed by atoms with Crippen LogP contribution in [0.25, 0.3) is 0 Å². The van der Waals surface area contributed by atoms with Gasteiger partial charge in [0.25, 0.3) is 0 Å². The van der Waals surface area contributed by atoms with Gasteiger partial charge in [0.1, 0.15) is 6.04 Å². The van der Waals surface area contributed by atoms with E-state index in [-0.39, 0.29) is 0 Å². The molecule has 5 N–H and O–H groups in total. The average Bonchev–Trinajstić information content (AvgIpc) is 2.39. The second kappa shape index (κ2) is 8.46. The monoisotopic (exact) mass is 300 g/mol. The van der Waals surface area contributed by atoms with Crippen molar-refractivity contribution in [3.8, 4) is 0 Å². The summed E-state index contributed by atoms with van der Waals surface area (Å²) in [6.45, 7) is 2.62. The second-order valence-corrected chi connectivity index (χ2v) is 5.50. The minimum absolute atomic E-state index is 0.419. The van der Waals surface area contributed by atoms with Crippen LogP contribution in [0.1, 0.15) is 25.7 Å². The van der Waals surface area contributed by atoms with E-state index < -0.39 is 30.4 Å². The molecule has 0 bridgehead atoms. The third-order valence-corrected chi connectivity index (χ3v) is 3.69. The molecule has 120 valence electrons. The van der Waals surface area contributed by atoms with Gasteiger partial charge >= 0.3 is 12.0 Å². The molecule has 8 heteroatoms. The molecule has 1 rings (SSSR count). The molecule has 21 heavy (non-hydrogen) atoms. The Labute approximate surface area is 124 Å². The molecule has 0 aliphatic carbocycles. The summed E-state index contributed by atoms with van der Waals surface area (Å²) in [5.74, 6) is -1.46. The first-order valence-corrected chi connectivity index (χ1v) is 7.12. The zero-order valence-corrected chi connectivity index (χ0v) is 12.3. The Morgan fingerprint density at radius 2 is 1.95 bits per heavy atom. The van der Waals surface area contributed by atoms with Crippen LogP contribution in [0, 0.1) is 5.92 Å². The number of aliphatic carboxylic acids is 1. The molecule has 8 nitrogen and oxygen atoms in total. The number of amides is 3. The van der Waals surface area contributed by atoms with Gasteiger partial charge in [-0.3, -0.25) is 4.79 Å². The molecule has 1 atom stereocenters. The number of urea groups is 1.